The molecule has 0 rings (SSSR count). The van der Waals surface area contributed by atoms with Crippen LogP contribution in [0.3, 0.4) is 0 Å². The quantitative estimate of drug-likeness (QED) is 0.339. The van der Waals surface area contributed by atoms with Crippen LogP contribution in [0.25, 0.3) is 0 Å². The zero-order valence-corrected chi connectivity index (χ0v) is 8.62. The number of amides is 1. The largest absolute Gasteiger partial charge is 0.481 e. The van der Waals surface area contributed by atoms with Gasteiger partial charge in [0.15, 0.2) is 0 Å². The summed E-state index contributed by atoms with van der Waals surface area (Å²) in [6.45, 7) is 0. The smallest absolute Gasteiger partial charge is 0.326 e. The van der Waals surface area contributed by atoms with Crippen molar-refractivity contribution >= 4 is 23.8 Å². The molecule has 0 aromatic rings. The SMILES string of the molecule is N[C@H](CC(=O)N[C@@H](CC(=O)O)C(=O)O)C(=O)O. The second-order valence-corrected chi connectivity index (χ2v) is 3.21. The summed E-state index contributed by atoms with van der Waals surface area (Å²) in [7, 11) is 0. The molecule has 0 bridgehead atoms. The van der Waals surface area contributed by atoms with Crippen molar-refractivity contribution < 1.29 is 34.5 Å². The van der Waals surface area contributed by atoms with Crippen molar-refractivity contribution in [2.75, 3.05) is 0 Å². The van der Waals surface area contributed by atoms with Crippen LogP contribution >= 0.6 is 0 Å². The van der Waals surface area contributed by atoms with Gasteiger partial charge in [0.25, 0.3) is 0 Å². The van der Waals surface area contributed by atoms with Gasteiger partial charge < -0.3 is 26.4 Å². The molecule has 2 atom stereocenters. The van der Waals surface area contributed by atoms with E-state index in [1.54, 1.807) is 0 Å². The maximum absolute atomic E-state index is 11.1. The molecule has 6 N–H and O–H groups in total. The molecule has 0 aromatic heterocycles. The molecule has 0 aliphatic heterocycles. The van der Waals surface area contributed by atoms with E-state index in [4.69, 9.17) is 21.1 Å². The molecule has 96 valence electrons. The summed E-state index contributed by atoms with van der Waals surface area (Å²) < 4.78 is 0. The third kappa shape index (κ3) is 6.10. The maximum atomic E-state index is 11.1. The number of carboxylic acid groups (broad SMARTS) is 3. The molecular weight excluding hydrogens is 236 g/mol. The minimum absolute atomic E-state index is 0.626. The standard InChI is InChI=1S/C8H12N2O7/c9-3(7(14)15)1-5(11)10-4(8(16)17)2-6(12)13/h3-4H,1-2,9H2,(H,10,11)(H,12,13)(H,14,15)(H,16,17)/t3-,4+/m1/s1. The van der Waals surface area contributed by atoms with E-state index in [1.165, 1.54) is 0 Å². The Kier molecular flexibility index (Phi) is 5.61. The lowest BCUT2D eigenvalue weighted by atomic mass is 10.1. The van der Waals surface area contributed by atoms with Gasteiger partial charge in [-0.05, 0) is 0 Å². The predicted molar refractivity (Wildman–Crippen MR) is 52.0 cm³/mol. The van der Waals surface area contributed by atoms with Crippen LogP contribution in [-0.2, 0) is 19.2 Å². The Balaban J connectivity index is 4.36. The number of carbonyl (C=O) groups is 4. The molecule has 0 aromatic carbocycles. The van der Waals surface area contributed by atoms with Crippen LogP contribution in [-0.4, -0.2) is 51.2 Å². The molecule has 0 saturated carbocycles. The molecule has 0 radical (unpaired) electrons. The third-order valence-electron chi connectivity index (χ3n) is 1.73. The second-order valence-electron chi connectivity index (χ2n) is 3.21. The van der Waals surface area contributed by atoms with Gasteiger partial charge in [0.2, 0.25) is 5.91 Å². The van der Waals surface area contributed by atoms with Crippen LogP contribution in [0.15, 0.2) is 0 Å². The van der Waals surface area contributed by atoms with Crippen molar-refractivity contribution in [3.8, 4) is 0 Å². The Bertz CT molecular complexity index is 341. The Morgan fingerprint density at radius 2 is 1.53 bits per heavy atom. The van der Waals surface area contributed by atoms with Crippen LogP contribution in [0.5, 0.6) is 0 Å². The van der Waals surface area contributed by atoms with Gasteiger partial charge in [0, 0.05) is 0 Å². The maximum Gasteiger partial charge on any atom is 0.326 e. The van der Waals surface area contributed by atoms with Gasteiger partial charge in [-0.1, -0.05) is 0 Å². The molecule has 0 aliphatic carbocycles. The van der Waals surface area contributed by atoms with Crippen LogP contribution < -0.4 is 11.1 Å². The van der Waals surface area contributed by atoms with E-state index >= 15 is 0 Å². The summed E-state index contributed by atoms with van der Waals surface area (Å²) in [6, 6.07) is -3.07. The first-order valence-corrected chi connectivity index (χ1v) is 4.46. The average Bonchev–Trinajstić information content (AvgIpc) is 2.15. The summed E-state index contributed by atoms with van der Waals surface area (Å²) in [5, 5.41) is 27.2. The molecule has 0 saturated heterocycles. The summed E-state index contributed by atoms with van der Waals surface area (Å²) in [4.78, 5) is 42.3. The van der Waals surface area contributed by atoms with Gasteiger partial charge in [-0.3, -0.25) is 14.4 Å². The highest BCUT2D eigenvalue weighted by Crippen LogP contribution is 1.96. The number of nitrogens with two attached hydrogens (primary N) is 1. The first-order chi connectivity index (χ1) is 7.73. The minimum Gasteiger partial charge on any atom is -0.481 e. The highest BCUT2D eigenvalue weighted by molar-refractivity contribution is 5.89. The number of hydrogen-bond acceptors (Lipinski definition) is 5. The number of hydrogen-bond donors (Lipinski definition) is 5. The number of nitrogens with one attached hydrogen (secondary N) is 1. The van der Waals surface area contributed by atoms with Gasteiger partial charge in [-0.15, -0.1) is 0 Å². The van der Waals surface area contributed by atoms with Crippen LogP contribution in [0.2, 0.25) is 0 Å². The van der Waals surface area contributed by atoms with Crippen molar-refractivity contribution in [2.45, 2.75) is 24.9 Å². The second kappa shape index (κ2) is 6.43. The fraction of sp³-hybridized carbons (Fsp3) is 0.500. The zero-order valence-electron chi connectivity index (χ0n) is 8.62. The van der Waals surface area contributed by atoms with Crippen molar-refractivity contribution in [2.24, 2.45) is 5.73 Å². The van der Waals surface area contributed by atoms with Gasteiger partial charge in [-0.25, -0.2) is 4.79 Å². The molecule has 0 fully saturated rings. The molecule has 1 amide bonds. The van der Waals surface area contributed by atoms with Crippen LogP contribution in [0, 0.1) is 0 Å². The van der Waals surface area contributed by atoms with Crippen LogP contribution in [0.1, 0.15) is 12.8 Å². The molecule has 0 unspecified atom stereocenters. The molecule has 9 heteroatoms. The molecule has 9 nitrogen and oxygen atoms in total. The van der Waals surface area contributed by atoms with E-state index in [-0.39, 0.29) is 0 Å². The first-order valence-electron chi connectivity index (χ1n) is 4.46. The number of carboxylic acids is 3. The number of rotatable bonds is 7. The Hall–Kier alpha value is -2.16. The first kappa shape index (κ1) is 14.8. The van der Waals surface area contributed by atoms with E-state index in [9.17, 15) is 19.2 Å². The Morgan fingerprint density at radius 3 is 1.88 bits per heavy atom. The molecule has 0 aliphatic rings. The van der Waals surface area contributed by atoms with E-state index in [0.29, 0.717) is 0 Å². The van der Waals surface area contributed by atoms with Crippen molar-refractivity contribution in [1.82, 2.24) is 5.32 Å². The molecule has 17 heavy (non-hydrogen) atoms. The van der Waals surface area contributed by atoms with Gasteiger partial charge >= 0.3 is 17.9 Å². The average molecular weight is 248 g/mol. The highest BCUT2D eigenvalue weighted by Gasteiger charge is 2.25. The van der Waals surface area contributed by atoms with Gasteiger partial charge in [-0.2, -0.15) is 0 Å². The normalized spacial score (nSPS) is 13.5. The molecule has 0 heterocycles. The van der Waals surface area contributed by atoms with Crippen LogP contribution in [0.4, 0.5) is 0 Å². The van der Waals surface area contributed by atoms with Crippen molar-refractivity contribution in [1.29, 1.82) is 0 Å². The van der Waals surface area contributed by atoms with E-state index < -0.39 is 48.7 Å². The number of aliphatic carboxylic acids is 3. The van der Waals surface area contributed by atoms with E-state index in [0.717, 1.165) is 0 Å². The Morgan fingerprint density at radius 1 is 1.00 bits per heavy atom. The summed E-state index contributed by atoms with van der Waals surface area (Å²) >= 11 is 0. The van der Waals surface area contributed by atoms with Crippen molar-refractivity contribution in [3.63, 3.8) is 0 Å². The van der Waals surface area contributed by atoms with E-state index in [2.05, 4.69) is 0 Å². The predicted octanol–water partition coefficient (Wildman–Crippen LogP) is -2.17. The summed E-state index contributed by atoms with van der Waals surface area (Å²) in [5.41, 5.74) is 5.05. The van der Waals surface area contributed by atoms with E-state index in [1.807, 2.05) is 5.32 Å². The van der Waals surface area contributed by atoms with Gasteiger partial charge in [0.1, 0.15) is 12.1 Å². The lowest BCUT2D eigenvalue weighted by Crippen LogP contribution is -2.45. The molecule has 0 spiro atoms. The lowest BCUT2D eigenvalue weighted by Gasteiger charge is -2.13. The zero-order chi connectivity index (χ0) is 13.6. The highest BCUT2D eigenvalue weighted by atomic mass is 16.4. The summed E-state index contributed by atoms with van der Waals surface area (Å²) in [6.07, 6.45) is -1.43. The Labute approximate surface area is 95.2 Å². The topological polar surface area (TPSA) is 167 Å². The lowest BCUT2D eigenvalue weighted by molar-refractivity contribution is -0.147. The monoisotopic (exact) mass is 248 g/mol. The fourth-order valence-corrected chi connectivity index (χ4v) is 0.915. The minimum atomic E-state index is -1.61. The fourth-order valence-electron chi connectivity index (χ4n) is 0.915. The van der Waals surface area contributed by atoms with Crippen molar-refractivity contribution in [3.05, 3.63) is 0 Å². The summed E-state index contributed by atoms with van der Waals surface area (Å²) in [5.74, 6) is -5.27. The molecular formula is C8H12N2O7. The van der Waals surface area contributed by atoms with Gasteiger partial charge in [0.05, 0.1) is 12.8 Å². The third-order valence-corrected chi connectivity index (χ3v) is 1.73. The number of carbonyl (C=O) groups excluding carboxylic acids is 1.